The molecule has 0 aliphatic heterocycles. The van der Waals surface area contributed by atoms with E-state index in [4.69, 9.17) is 16.3 Å². The zero-order chi connectivity index (χ0) is 20.0. The number of hydrogen-bond acceptors (Lipinski definition) is 5. The lowest BCUT2D eigenvalue weighted by Gasteiger charge is -2.13. The Kier molecular flexibility index (Phi) is 6.75. The molecule has 138 valence electrons. The van der Waals surface area contributed by atoms with Gasteiger partial charge in [0.05, 0.1) is 0 Å². The summed E-state index contributed by atoms with van der Waals surface area (Å²) in [5.74, 6) is -1.21. The summed E-state index contributed by atoms with van der Waals surface area (Å²) in [5, 5.41) is 9.78. The van der Waals surface area contributed by atoms with Crippen LogP contribution in [0.15, 0.2) is 54.1 Å². The molecule has 0 aliphatic carbocycles. The van der Waals surface area contributed by atoms with Crippen LogP contribution in [-0.4, -0.2) is 32.0 Å². The van der Waals surface area contributed by atoms with Crippen LogP contribution in [0.2, 0.25) is 5.02 Å². The number of halogens is 1. The Labute approximate surface area is 163 Å². The normalized spacial score (nSPS) is 12.0. The Hall–Kier alpha value is -3.10. The Morgan fingerprint density at radius 1 is 1.11 bits per heavy atom. The first-order chi connectivity index (χ1) is 12.8. The molecular formula is C21H19ClN2O3. The molecule has 0 fully saturated rings. The van der Waals surface area contributed by atoms with Crippen LogP contribution in [0.25, 0.3) is 6.08 Å². The van der Waals surface area contributed by atoms with E-state index >= 15 is 0 Å². The SMILES string of the molecule is C[C@@H](OC(=O)/C(C#N)=C/c1ccc(N(C)C)cc1)C(=O)c1ccc(Cl)cc1. The van der Waals surface area contributed by atoms with Crippen molar-refractivity contribution in [2.75, 3.05) is 19.0 Å². The quantitative estimate of drug-likeness (QED) is 0.325. The third kappa shape index (κ3) is 5.44. The fourth-order valence-electron chi connectivity index (χ4n) is 2.30. The van der Waals surface area contributed by atoms with E-state index in [0.29, 0.717) is 16.1 Å². The van der Waals surface area contributed by atoms with E-state index in [1.165, 1.54) is 13.0 Å². The number of carbonyl (C=O) groups is 2. The van der Waals surface area contributed by atoms with Crippen LogP contribution in [-0.2, 0) is 9.53 Å². The van der Waals surface area contributed by atoms with Crippen molar-refractivity contribution in [2.24, 2.45) is 0 Å². The second kappa shape index (κ2) is 9.02. The number of esters is 1. The molecule has 5 nitrogen and oxygen atoms in total. The van der Waals surface area contributed by atoms with Crippen LogP contribution in [0.3, 0.4) is 0 Å². The first-order valence-corrected chi connectivity index (χ1v) is 8.59. The number of anilines is 1. The van der Waals surface area contributed by atoms with Gasteiger partial charge in [-0.3, -0.25) is 4.79 Å². The van der Waals surface area contributed by atoms with Gasteiger partial charge in [0.1, 0.15) is 11.6 Å². The van der Waals surface area contributed by atoms with E-state index in [0.717, 1.165) is 5.69 Å². The molecule has 27 heavy (non-hydrogen) atoms. The van der Waals surface area contributed by atoms with Crippen LogP contribution in [0.4, 0.5) is 5.69 Å². The van der Waals surface area contributed by atoms with Crippen molar-refractivity contribution in [3.63, 3.8) is 0 Å². The van der Waals surface area contributed by atoms with Gasteiger partial charge in [-0.1, -0.05) is 23.7 Å². The van der Waals surface area contributed by atoms with Gasteiger partial charge < -0.3 is 9.64 Å². The second-order valence-electron chi connectivity index (χ2n) is 6.07. The Balaban J connectivity index is 2.10. The number of carbonyl (C=O) groups excluding carboxylic acids is 2. The van der Waals surface area contributed by atoms with Gasteiger partial charge in [-0.2, -0.15) is 5.26 Å². The van der Waals surface area contributed by atoms with Gasteiger partial charge in [-0.05, 0) is 55.0 Å². The molecule has 2 rings (SSSR count). The van der Waals surface area contributed by atoms with Crippen LogP contribution in [0.5, 0.6) is 0 Å². The zero-order valence-corrected chi connectivity index (χ0v) is 16.0. The monoisotopic (exact) mass is 382 g/mol. The third-order valence-electron chi connectivity index (χ3n) is 3.84. The molecule has 6 heteroatoms. The summed E-state index contributed by atoms with van der Waals surface area (Å²) in [4.78, 5) is 26.5. The predicted molar refractivity (Wildman–Crippen MR) is 106 cm³/mol. The standard InChI is InChI=1S/C21H19ClN2O3/c1-14(20(25)16-6-8-18(22)9-7-16)27-21(26)17(13-23)12-15-4-10-19(11-5-15)24(2)3/h4-12,14H,1-3H3/b17-12+/t14-/m1/s1. The van der Waals surface area contributed by atoms with Crippen LogP contribution >= 0.6 is 11.6 Å². The van der Waals surface area contributed by atoms with Crippen LogP contribution < -0.4 is 4.90 Å². The molecule has 0 aliphatic rings. The summed E-state index contributed by atoms with van der Waals surface area (Å²) < 4.78 is 5.16. The minimum atomic E-state index is -1.02. The summed E-state index contributed by atoms with van der Waals surface area (Å²) >= 11 is 5.80. The number of rotatable bonds is 6. The van der Waals surface area contributed by atoms with Gasteiger partial charge in [0.15, 0.2) is 6.10 Å². The topological polar surface area (TPSA) is 70.4 Å². The minimum Gasteiger partial charge on any atom is -0.450 e. The maximum Gasteiger partial charge on any atom is 0.349 e. The minimum absolute atomic E-state index is 0.177. The predicted octanol–water partition coefficient (Wildman–Crippen LogP) is 4.13. The first kappa shape index (κ1) is 20.2. The Bertz CT molecular complexity index is 895. The lowest BCUT2D eigenvalue weighted by Crippen LogP contribution is -2.25. The summed E-state index contributed by atoms with van der Waals surface area (Å²) in [6, 6.07) is 15.4. The van der Waals surface area contributed by atoms with Crippen molar-refractivity contribution in [2.45, 2.75) is 13.0 Å². The average molecular weight is 383 g/mol. The molecule has 0 bridgehead atoms. The lowest BCUT2D eigenvalue weighted by molar-refractivity contribution is -0.141. The van der Waals surface area contributed by atoms with Gasteiger partial charge in [-0.15, -0.1) is 0 Å². The van der Waals surface area contributed by atoms with Crippen molar-refractivity contribution in [3.8, 4) is 6.07 Å². The largest absolute Gasteiger partial charge is 0.450 e. The number of benzene rings is 2. The van der Waals surface area contributed by atoms with Gasteiger partial charge in [-0.25, -0.2) is 4.79 Å². The first-order valence-electron chi connectivity index (χ1n) is 8.21. The molecule has 2 aromatic carbocycles. The van der Waals surface area contributed by atoms with Gasteiger partial charge >= 0.3 is 5.97 Å². The summed E-state index contributed by atoms with van der Waals surface area (Å²) in [7, 11) is 3.84. The van der Waals surface area contributed by atoms with Gasteiger partial charge in [0.2, 0.25) is 5.78 Å². The molecule has 1 atom stereocenters. The fourth-order valence-corrected chi connectivity index (χ4v) is 2.42. The Morgan fingerprint density at radius 3 is 2.22 bits per heavy atom. The number of ketones is 1. The van der Waals surface area contributed by atoms with Gasteiger partial charge in [0.25, 0.3) is 0 Å². The van der Waals surface area contributed by atoms with Crippen molar-refractivity contribution in [1.82, 2.24) is 0 Å². The molecular weight excluding hydrogens is 364 g/mol. The molecule has 0 N–H and O–H groups in total. The number of Topliss-reactive ketones (excluding diaryl/α,β-unsaturated/α-hetero) is 1. The zero-order valence-electron chi connectivity index (χ0n) is 15.3. The molecule has 0 saturated carbocycles. The van der Waals surface area contributed by atoms with E-state index < -0.39 is 12.1 Å². The fraction of sp³-hybridized carbons (Fsp3) is 0.190. The van der Waals surface area contributed by atoms with E-state index in [1.807, 2.05) is 37.2 Å². The van der Waals surface area contributed by atoms with E-state index in [-0.39, 0.29) is 11.4 Å². The maximum absolute atomic E-state index is 12.3. The van der Waals surface area contributed by atoms with E-state index in [1.54, 1.807) is 36.4 Å². The van der Waals surface area contributed by atoms with Crippen molar-refractivity contribution >= 4 is 35.1 Å². The molecule has 0 heterocycles. The molecule has 0 spiro atoms. The summed E-state index contributed by atoms with van der Waals surface area (Å²) in [6.07, 6.45) is 0.410. The average Bonchev–Trinajstić information content (AvgIpc) is 2.66. The van der Waals surface area contributed by atoms with Crippen molar-refractivity contribution in [1.29, 1.82) is 5.26 Å². The van der Waals surface area contributed by atoms with Crippen LogP contribution in [0, 0.1) is 11.3 Å². The molecule has 2 aromatic rings. The summed E-state index contributed by atoms with van der Waals surface area (Å²) in [5.41, 5.74) is 1.88. The maximum atomic E-state index is 12.3. The highest BCUT2D eigenvalue weighted by molar-refractivity contribution is 6.30. The summed E-state index contributed by atoms with van der Waals surface area (Å²) in [6.45, 7) is 1.47. The van der Waals surface area contributed by atoms with E-state index in [9.17, 15) is 14.9 Å². The van der Waals surface area contributed by atoms with Gasteiger partial charge in [0, 0.05) is 30.4 Å². The smallest absolute Gasteiger partial charge is 0.349 e. The molecule has 0 saturated heterocycles. The molecule has 0 radical (unpaired) electrons. The second-order valence-corrected chi connectivity index (χ2v) is 6.51. The number of nitriles is 1. The molecule has 0 aromatic heterocycles. The lowest BCUT2D eigenvalue weighted by atomic mass is 10.1. The molecule has 0 amide bonds. The van der Waals surface area contributed by atoms with E-state index in [2.05, 4.69) is 0 Å². The van der Waals surface area contributed by atoms with Crippen LogP contribution in [0.1, 0.15) is 22.8 Å². The number of nitrogens with zero attached hydrogens (tertiary/aromatic N) is 2. The third-order valence-corrected chi connectivity index (χ3v) is 4.09. The number of ether oxygens (including phenoxy) is 1. The highest BCUT2D eigenvalue weighted by Gasteiger charge is 2.21. The number of hydrogen-bond donors (Lipinski definition) is 0. The Morgan fingerprint density at radius 2 is 1.70 bits per heavy atom. The van der Waals surface area contributed by atoms with Crippen molar-refractivity contribution < 1.29 is 14.3 Å². The van der Waals surface area contributed by atoms with Crippen molar-refractivity contribution in [3.05, 3.63) is 70.3 Å². The highest BCUT2D eigenvalue weighted by atomic mass is 35.5. The molecule has 0 unspecified atom stereocenters. The highest BCUT2D eigenvalue weighted by Crippen LogP contribution is 2.16.